The number of hydrogen-bond donors (Lipinski definition) is 2. The van der Waals surface area contributed by atoms with Crippen LogP contribution >= 0.6 is 0 Å². The fourth-order valence-corrected chi connectivity index (χ4v) is 0.929. The maximum absolute atomic E-state index is 8.26. The van der Waals surface area contributed by atoms with Crippen molar-refractivity contribution in [3.8, 4) is 0 Å². The molecule has 0 radical (unpaired) electrons. The Kier molecular flexibility index (Phi) is 3.25. The predicted molar refractivity (Wildman–Crippen MR) is 52.4 cm³/mol. The van der Waals surface area contributed by atoms with Crippen LogP contribution in [-0.4, -0.2) is 22.4 Å². The number of rotatable bonds is 3. The van der Waals surface area contributed by atoms with Crippen molar-refractivity contribution in [3.63, 3.8) is 0 Å². The molecule has 0 saturated carbocycles. The molecule has 1 heterocycles. The molecule has 0 aromatic carbocycles. The van der Waals surface area contributed by atoms with Gasteiger partial charge < -0.3 is 10.5 Å². The SMILES string of the molecule is CC(C)Nc1ccc(/C=N/O)cn1. The molecular formula is C9H13N3O. The molecule has 0 bridgehead atoms. The normalized spacial score (nSPS) is 11.0. The van der Waals surface area contributed by atoms with Crippen LogP contribution in [0.2, 0.25) is 0 Å². The topological polar surface area (TPSA) is 57.5 Å². The fraction of sp³-hybridized carbons (Fsp3) is 0.333. The first-order valence-corrected chi connectivity index (χ1v) is 4.12. The van der Waals surface area contributed by atoms with Gasteiger partial charge in [-0.15, -0.1) is 0 Å². The Morgan fingerprint density at radius 1 is 1.54 bits per heavy atom. The van der Waals surface area contributed by atoms with Gasteiger partial charge in [-0.3, -0.25) is 0 Å². The third kappa shape index (κ3) is 3.11. The quantitative estimate of drug-likeness (QED) is 0.422. The number of pyridine rings is 1. The summed E-state index contributed by atoms with van der Waals surface area (Å²) in [5, 5.41) is 14.3. The molecule has 0 fully saturated rings. The van der Waals surface area contributed by atoms with Gasteiger partial charge in [0.2, 0.25) is 0 Å². The van der Waals surface area contributed by atoms with Crippen LogP contribution in [0.3, 0.4) is 0 Å². The standard InChI is InChI=1S/C9H13N3O/c1-7(2)12-9-4-3-8(5-10-9)6-11-13/h3-7,13H,1-2H3,(H,10,12)/b11-6+. The molecule has 0 saturated heterocycles. The number of aromatic nitrogens is 1. The molecule has 0 aliphatic carbocycles. The van der Waals surface area contributed by atoms with Gasteiger partial charge in [0.05, 0.1) is 6.21 Å². The van der Waals surface area contributed by atoms with E-state index in [1.807, 2.05) is 26.0 Å². The zero-order chi connectivity index (χ0) is 9.68. The lowest BCUT2D eigenvalue weighted by molar-refractivity contribution is 0.322. The summed E-state index contributed by atoms with van der Waals surface area (Å²) in [6, 6.07) is 4.04. The Hall–Kier alpha value is -1.58. The molecule has 0 aliphatic rings. The minimum absolute atomic E-state index is 0.366. The van der Waals surface area contributed by atoms with E-state index < -0.39 is 0 Å². The van der Waals surface area contributed by atoms with Crippen molar-refractivity contribution in [1.29, 1.82) is 0 Å². The average molecular weight is 179 g/mol. The van der Waals surface area contributed by atoms with Gasteiger partial charge in [-0.25, -0.2) is 4.98 Å². The number of oxime groups is 1. The summed E-state index contributed by atoms with van der Waals surface area (Å²) >= 11 is 0. The van der Waals surface area contributed by atoms with E-state index >= 15 is 0 Å². The van der Waals surface area contributed by atoms with Crippen molar-refractivity contribution in [3.05, 3.63) is 23.9 Å². The van der Waals surface area contributed by atoms with Crippen molar-refractivity contribution >= 4 is 12.0 Å². The zero-order valence-electron chi connectivity index (χ0n) is 7.73. The highest BCUT2D eigenvalue weighted by molar-refractivity contribution is 5.78. The highest BCUT2D eigenvalue weighted by atomic mass is 16.4. The first-order valence-electron chi connectivity index (χ1n) is 4.12. The summed E-state index contributed by atoms with van der Waals surface area (Å²) in [5.74, 6) is 0.824. The zero-order valence-corrected chi connectivity index (χ0v) is 7.73. The molecule has 1 aromatic heterocycles. The second kappa shape index (κ2) is 4.45. The van der Waals surface area contributed by atoms with E-state index in [0.717, 1.165) is 11.4 Å². The third-order valence-electron chi connectivity index (χ3n) is 1.43. The van der Waals surface area contributed by atoms with E-state index in [1.54, 1.807) is 6.20 Å². The van der Waals surface area contributed by atoms with Crippen LogP contribution in [0.25, 0.3) is 0 Å². The second-order valence-electron chi connectivity index (χ2n) is 3.02. The van der Waals surface area contributed by atoms with E-state index in [1.165, 1.54) is 6.21 Å². The molecular weight excluding hydrogens is 166 g/mol. The molecule has 13 heavy (non-hydrogen) atoms. The van der Waals surface area contributed by atoms with Gasteiger partial charge in [0.25, 0.3) is 0 Å². The highest BCUT2D eigenvalue weighted by Gasteiger charge is 1.95. The Bertz CT molecular complexity index is 279. The van der Waals surface area contributed by atoms with Crippen molar-refractivity contribution < 1.29 is 5.21 Å². The Labute approximate surface area is 77.3 Å². The van der Waals surface area contributed by atoms with Gasteiger partial charge >= 0.3 is 0 Å². The summed E-state index contributed by atoms with van der Waals surface area (Å²) < 4.78 is 0. The molecule has 1 rings (SSSR count). The third-order valence-corrected chi connectivity index (χ3v) is 1.43. The first kappa shape index (κ1) is 9.51. The highest BCUT2D eigenvalue weighted by Crippen LogP contribution is 2.04. The van der Waals surface area contributed by atoms with Gasteiger partial charge in [0, 0.05) is 17.8 Å². The van der Waals surface area contributed by atoms with Crippen LogP contribution in [0.5, 0.6) is 0 Å². The Morgan fingerprint density at radius 3 is 2.77 bits per heavy atom. The van der Waals surface area contributed by atoms with Crippen molar-refractivity contribution in [2.45, 2.75) is 19.9 Å². The van der Waals surface area contributed by atoms with Crippen LogP contribution in [0.4, 0.5) is 5.82 Å². The number of hydrogen-bond acceptors (Lipinski definition) is 4. The van der Waals surface area contributed by atoms with E-state index in [4.69, 9.17) is 5.21 Å². The monoisotopic (exact) mass is 179 g/mol. The molecule has 0 atom stereocenters. The summed E-state index contributed by atoms with van der Waals surface area (Å²) in [6.45, 7) is 4.09. The van der Waals surface area contributed by atoms with Crippen LogP contribution in [-0.2, 0) is 0 Å². The van der Waals surface area contributed by atoms with Gasteiger partial charge in [-0.1, -0.05) is 5.16 Å². The van der Waals surface area contributed by atoms with Crippen molar-refractivity contribution in [2.75, 3.05) is 5.32 Å². The Balaban J connectivity index is 2.69. The number of nitrogens with zero attached hydrogens (tertiary/aromatic N) is 2. The van der Waals surface area contributed by atoms with Gasteiger partial charge in [-0.05, 0) is 26.0 Å². The van der Waals surface area contributed by atoms with E-state index in [-0.39, 0.29) is 0 Å². The first-order chi connectivity index (χ1) is 6.22. The molecule has 0 spiro atoms. The number of nitrogens with one attached hydrogen (secondary N) is 1. The Morgan fingerprint density at radius 2 is 2.31 bits per heavy atom. The molecule has 70 valence electrons. The lowest BCUT2D eigenvalue weighted by Crippen LogP contribution is -2.10. The minimum Gasteiger partial charge on any atom is -0.411 e. The van der Waals surface area contributed by atoms with E-state index in [9.17, 15) is 0 Å². The lowest BCUT2D eigenvalue weighted by Gasteiger charge is -2.07. The summed E-state index contributed by atoms with van der Waals surface area (Å²) in [6.07, 6.45) is 2.98. The molecule has 2 N–H and O–H groups in total. The second-order valence-corrected chi connectivity index (χ2v) is 3.02. The van der Waals surface area contributed by atoms with Crippen LogP contribution in [0, 0.1) is 0 Å². The van der Waals surface area contributed by atoms with E-state index in [2.05, 4.69) is 15.5 Å². The molecule has 4 heteroatoms. The maximum atomic E-state index is 8.26. The molecule has 4 nitrogen and oxygen atoms in total. The van der Waals surface area contributed by atoms with Gasteiger partial charge in [-0.2, -0.15) is 0 Å². The minimum atomic E-state index is 0.366. The summed E-state index contributed by atoms with van der Waals surface area (Å²) in [4.78, 5) is 4.12. The van der Waals surface area contributed by atoms with Crippen LogP contribution in [0.1, 0.15) is 19.4 Å². The van der Waals surface area contributed by atoms with Crippen molar-refractivity contribution in [2.24, 2.45) is 5.16 Å². The largest absolute Gasteiger partial charge is 0.411 e. The number of anilines is 1. The van der Waals surface area contributed by atoms with E-state index in [0.29, 0.717) is 6.04 Å². The molecule has 0 aliphatic heterocycles. The fourth-order valence-electron chi connectivity index (χ4n) is 0.929. The average Bonchev–Trinajstić information content (AvgIpc) is 2.08. The summed E-state index contributed by atoms with van der Waals surface area (Å²) in [5.41, 5.74) is 0.775. The van der Waals surface area contributed by atoms with Gasteiger partial charge in [0.15, 0.2) is 0 Å². The molecule has 1 aromatic rings. The maximum Gasteiger partial charge on any atom is 0.126 e. The predicted octanol–water partition coefficient (Wildman–Crippen LogP) is 1.71. The lowest BCUT2D eigenvalue weighted by atomic mass is 10.3. The van der Waals surface area contributed by atoms with Crippen LogP contribution in [0.15, 0.2) is 23.5 Å². The van der Waals surface area contributed by atoms with Gasteiger partial charge in [0.1, 0.15) is 5.82 Å². The molecule has 0 unspecified atom stereocenters. The van der Waals surface area contributed by atoms with Crippen molar-refractivity contribution in [1.82, 2.24) is 4.98 Å². The molecule has 0 amide bonds. The smallest absolute Gasteiger partial charge is 0.126 e. The van der Waals surface area contributed by atoms with Crippen LogP contribution < -0.4 is 5.32 Å². The summed E-state index contributed by atoms with van der Waals surface area (Å²) in [7, 11) is 0.